The maximum absolute atomic E-state index is 13.3. The van der Waals surface area contributed by atoms with E-state index in [4.69, 9.17) is 16.3 Å². The van der Waals surface area contributed by atoms with Gasteiger partial charge in [0.15, 0.2) is 0 Å². The molecule has 1 aliphatic rings. The van der Waals surface area contributed by atoms with Crippen LogP contribution in [0.5, 0.6) is 5.88 Å². The number of ether oxygens (including phenoxy) is 1. The largest absolute Gasteiger partial charge is 0.473 e. The zero-order chi connectivity index (χ0) is 19.0. The van der Waals surface area contributed by atoms with Crippen molar-refractivity contribution in [3.63, 3.8) is 0 Å². The van der Waals surface area contributed by atoms with Crippen molar-refractivity contribution in [3.05, 3.63) is 65.4 Å². The molecule has 1 fully saturated rings. The van der Waals surface area contributed by atoms with Crippen LogP contribution < -0.4 is 4.74 Å². The number of halogens is 2. The van der Waals surface area contributed by atoms with Crippen molar-refractivity contribution in [2.24, 2.45) is 0 Å². The lowest BCUT2D eigenvalue weighted by Crippen LogP contribution is -2.31. The van der Waals surface area contributed by atoms with Crippen molar-refractivity contribution >= 4 is 32.5 Å². The minimum atomic E-state index is -3.76. The standard InChI is InChI=1S/C19H16ClFN2O3S/c20-16-11-15(6-7-17(16)21)27(24,25)23-10-9-14(12-23)26-19-8-5-13-3-1-2-4-18(13)22-19/h1-8,11,14H,9-10,12H2/t14-/m1/s1. The van der Waals surface area contributed by atoms with Crippen LogP contribution in [0.25, 0.3) is 10.9 Å². The first kappa shape index (κ1) is 18.2. The average Bonchev–Trinajstić information content (AvgIpc) is 3.13. The molecular weight excluding hydrogens is 391 g/mol. The Bertz CT molecular complexity index is 1110. The monoisotopic (exact) mass is 406 g/mol. The summed E-state index contributed by atoms with van der Waals surface area (Å²) in [5.41, 5.74) is 0.818. The van der Waals surface area contributed by atoms with Crippen LogP contribution in [-0.4, -0.2) is 36.9 Å². The number of sulfonamides is 1. The van der Waals surface area contributed by atoms with Gasteiger partial charge in [-0.1, -0.05) is 29.8 Å². The van der Waals surface area contributed by atoms with Gasteiger partial charge in [0.2, 0.25) is 15.9 Å². The molecule has 1 saturated heterocycles. The predicted molar refractivity (Wildman–Crippen MR) is 101 cm³/mol. The topological polar surface area (TPSA) is 59.5 Å². The molecule has 0 aliphatic carbocycles. The van der Waals surface area contributed by atoms with Crippen molar-refractivity contribution in [1.82, 2.24) is 9.29 Å². The van der Waals surface area contributed by atoms with Gasteiger partial charge in [-0.3, -0.25) is 0 Å². The fourth-order valence-electron chi connectivity index (χ4n) is 3.08. The van der Waals surface area contributed by atoms with Crippen LogP contribution in [0.4, 0.5) is 4.39 Å². The Morgan fingerprint density at radius 3 is 2.78 bits per heavy atom. The normalized spacial score (nSPS) is 18.1. The van der Waals surface area contributed by atoms with Crippen molar-refractivity contribution in [1.29, 1.82) is 0 Å². The highest BCUT2D eigenvalue weighted by molar-refractivity contribution is 7.89. The summed E-state index contributed by atoms with van der Waals surface area (Å²) in [7, 11) is -3.76. The summed E-state index contributed by atoms with van der Waals surface area (Å²) in [5.74, 6) is -0.191. The molecule has 0 amide bonds. The average molecular weight is 407 g/mol. The first-order valence-corrected chi connectivity index (χ1v) is 10.2. The van der Waals surface area contributed by atoms with Gasteiger partial charge in [0.1, 0.15) is 11.9 Å². The number of benzene rings is 2. The van der Waals surface area contributed by atoms with Crippen molar-refractivity contribution in [2.45, 2.75) is 17.4 Å². The van der Waals surface area contributed by atoms with Crippen LogP contribution in [0.2, 0.25) is 5.02 Å². The van der Waals surface area contributed by atoms with E-state index in [0.717, 1.165) is 23.0 Å². The smallest absolute Gasteiger partial charge is 0.243 e. The predicted octanol–water partition coefficient (Wildman–Crippen LogP) is 3.87. The Balaban J connectivity index is 1.49. The molecular formula is C19H16ClFN2O3S. The molecule has 0 unspecified atom stereocenters. The number of pyridine rings is 1. The third kappa shape index (κ3) is 3.63. The Kier molecular flexibility index (Phi) is 4.75. The van der Waals surface area contributed by atoms with E-state index >= 15 is 0 Å². The second-order valence-electron chi connectivity index (χ2n) is 6.31. The third-order valence-corrected chi connectivity index (χ3v) is 6.65. The molecule has 0 radical (unpaired) electrons. The summed E-state index contributed by atoms with van der Waals surface area (Å²) in [6.07, 6.45) is 0.243. The maximum atomic E-state index is 13.3. The molecule has 0 bridgehead atoms. The number of hydrogen-bond donors (Lipinski definition) is 0. The van der Waals surface area contributed by atoms with Gasteiger partial charge in [0, 0.05) is 18.0 Å². The van der Waals surface area contributed by atoms with E-state index in [1.54, 1.807) is 6.07 Å². The molecule has 140 valence electrons. The van der Waals surface area contributed by atoms with E-state index in [1.165, 1.54) is 10.4 Å². The van der Waals surface area contributed by atoms with E-state index in [9.17, 15) is 12.8 Å². The van der Waals surface area contributed by atoms with Gasteiger partial charge >= 0.3 is 0 Å². The maximum Gasteiger partial charge on any atom is 0.243 e. The minimum Gasteiger partial charge on any atom is -0.473 e. The Morgan fingerprint density at radius 2 is 1.96 bits per heavy atom. The zero-order valence-corrected chi connectivity index (χ0v) is 15.8. The quantitative estimate of drug-likeness (QED) is 0.660. The van der Waals surface area contributed by atoms with Gasteiger partial charge in [0.25, 0.3) is 0 Å². The zero-order valence-electron chi connectivity index (χ0n) is 14.2. The van der Waals surface area contributed by atoms with Gasteiger partial charge in [-0.25, -0.2) is 17.8 Å². The van der Waals surface area contributed by atoms with E-state index in [2.05, 4.69) is 4.98 Å². The molecule has 5 nitrogen and oxygen atoms in total. The highest BCUT2D eigenvalue weighted by Gasteiger charge is 2.34. The summed E-state index contributed by atoms with van der Waals surface area (Å²) in [6, 6.07) is 14.8. The van der Waals surface area contributed by atoms with Crippen molar-refractivity contribution < 1.29 is 17.5 Å². The van der Waals surface area contributed by atoms with Crippen molar-refractivity contribution in [3.8, 4) is 5.88 Å². The van der Waals surface area contributed by atoms with E-state index < -0.39 is 15.8 Å². The van der Waals surface area contributed by atoms with Gasteiger partial charge in [0.05, 0.1) is 22.0 Å². The molecule has 3 aromatic rings. The second kappa shape index (κ2) is 7.07. The molecule has 27 heavy (non-hydrogen) atoms. The molecule has 0 saturated carbocycles. The fourth-order valence-corrected chi connectivity index (χ4v) is 4.84. The third-order valence-electron chi connectivity index (χ3n) is 4.50. The Labute approximate surface area is 161 Å². The fraction of sp³-hybridized carbons (Fsp3) is 0.211. The van der Waals surface area contributed by atoms with Crippen molar-refractivity contribution in [2.75, 3.05) is 13.1 Å². The minimum absolute atomic E-state index is 0.0293. The highest BCUT2D eigenvalue weighted by atomic mass is 35.5. The summed E-state index contributed by atoms with van der Waals surface area (Å²) in [5, 5.41) is 0.789. The first-order valence-electron chi connectivity index (χ1n) is 8.41. The lowest BCUT2D eigenvalue weighted by molar-refractivity contribution is 0.207. The van der Waals surface area contributed by atoms with Crippen LogP contribution in [0.1, 0.15) is 6.42 Å². The molecule has 2 heterocycles. The second-order valence-corrected chi connectivity index (χ2v) is 8.65. The Morgan fingerprint density at radius 1 is 1.15 bits per heavy atom. The molecule has 2 aromatic carbocycles. The van der Waals surface area contributed by atoms with Gasteiger partial charge < -0.3 is 4.74 Å². The lowest BCUT2D eigenvalue weighted by Gasteiger charge is -2.17. The molecule has 4 rings (SSSR count). The van der Waals surface area contributed by atoms with Crippen LogP contribution >= 0.6 is 11.6 Å². The first-order chi connectivity index (χ1) is 12.9. The number of rotatable bonds is 4. The van der Waals surface area contributed by atoms with Gasteiger partial charge in [-0.05, 0) is 36.8 Å². The molecule has 8 heteroatoms. The number of nitrogens with zero attached hydrogens (tertiary/aromatic N) is 2. The highest BCUT2D eigenvalue weighted by Crippen LogP contribution is 2.27. The summed E-state index contributed by atoms with van der Waals surface area (Å²) < 4.78 is 46.0. The van der Waals surface area contributed by atoms with E-state index in [1.807, 2.05) is 30.3 Å². The van der Waals surface area contributed by atoms with Crippen LogP contribution in [0.15, 0.2) is 59.5 Å². The van der Waals surface area contributed by atoms with Crippen LogP contribution in [-0.2, 0) is 10.0 Å². The number of aromatic nitrogens is 1. The van der Waals surface area contributed by atoms with Gasteiger partial charge in [-0.2, -0.15) is 4.31 Å². The van der Waals surface area contributed by atoms with Crippen LogP contribution in [0, 0.1) is 5.82 Å². The molecule has 1 atom stereocenters. The number of para-hydroxylation sites is 1. The number of fused-ring (bicyclic) bond motifs is 1. The molecule has 0 N–H and O–H groups in total. The summed E-state index contributed by atoms with van der Waals surface area (Å²) in [4.78, 5) is 4.43. The summed E-state index contributed by atoms with van der Waals surface area (Å²) >= 11 is 5.72. The SMILES string of the molecule is O=S(=O)(c1ccc(F)c(Cl)c1)N1CC[C@@H](Oc2ccc3ccccc3n2)C1. The van der Waals surface area contributed by atoms with Gasteiger partial charge in [-0.15, -0.1) is 0 Å². The van der Waals surface area contributed by atoms with E-state index in [-0.39, 0.29) is 22.6 Å². The van der Waals surface area contributed by atoms with E-state index in [0.29, 0.717) is 18.8 Å². The molecule has 1 aliphatic heterocycles. The molecule has 1 aromatic heterocycles. The number of hydrogen-bond acceptors (Lipinski definition) is 4. The molecule has 0 spiro atoms. The van der Waals surface area contributed by atoms with Crippen LogP contribution in [0.3, 0.4) is 0 Å². The Hall–Kier alpha value is -2.22. The summed E-state index contributed by atoms with van der Waals surface area (Å²) in [6.45, 7) is 0.515. The lowest BCUT2D eigenvalue weighted by atomic mass is 10.2.